The van der Waals surface area contributed by atoms with Crippen LogP contribution >= 0.6 is 11.3 Å². The van der Waals surface area contributed by atoms with E-state index in [4.69, 9.17) is 9.47 Å². The number of hydrogen-bond acceptors (Lipinski definition) is 6. The quantitative estimate of drug-likeness (QED) is 0.511. The molecule has 2 amide bonds. The van der Waals surface area contributed by atoms with Crippen molar-refractivity contribution in [2.24, 2.45) is 5.92 Å². The Labute approximate surface area is 194 Å². The minimum absolute atomic E-state index is 0.175. The lowest BCUT2D eigenvalue weighted by Gasteiger charge is -2.26. The highest BCUT2D eigenvalue weighted by Crippen LogP contribution is 2.31. The molecular weight excluding hydrogens is 426 g/mol. The van der Waals surface area contributed by atoms with Gasteiger partial charge in [-0.15, -0.1) is 0 Å². The van der Waals surface area contributed by atoms with Crippen molar-refractivity contribution in [1.29, 1.82) is 0 Å². The maximum Gasteiger partial charge on any atom is 0.257 e. The molecule has 1 aromatic carbocycles. The molecule has 0 saturated heterocycles. The summed E-state index contributed by atoms with van der Waals surface area (Å²) in [7, 11) is 0. The molecule has 2 aromatic rings. The summed E-state index contributed by atoms with van der Waals surface area (Å²) in [4.78, 5) is 32.8. The number of carbonyl (C=O) groups excluding carboxylic acids is 2. The number of rotatable bonds is 10. The molecule has 1 aliphatic rings. The largest absolute Gasteiger partial charge is 0.490 e. The lowest BCUT2D eigenvalue weighted by Crippen LogP contribution is -2.36. The molecule has 1 N–H and O–H groups in total. The van der Waals surface area contributed by atoms with Gasteiger partial charge in [-0.05, 0) is 37.5 Å². The fourth-order valence-electron chi connectivity index (χ4n) is 3.47. The predicted octanol–water partition coefficient (Wildman–Crippen LogP) is 4.90. The van der Waals surface area contributed by atoms with Gasteiger partial charge in [-0.2, -0.15) is 0 Å². The van der Waals surface area contributed by atoms with Crippen LogP contribution < -0.4 is 14.8 Å². The highest BCUT2D eigenvalue weighted by Gasteiger charge is 2.25. The Hall–Kier alpha value is -2.61. The van der Waals surface area contributed by atoms with Gasteiger partial charge in [-0.25, -0.2) is 4.98 Å². The number of nitrogens with one attached hydrogen (secondary N) is 1. The van der Waals surface area contributed by atoms with Gasteiger partial charge >= 0.3 is 0 Å². The molecule has 0 saturated carbocycles. The summed E-state index contributed by atoms with van der Waals surface area (Å²) in [6.45, 7) is 10.4. The number of anilines is 1. The highest BCUT2D eigenvalue weighted by atomic mass is 32.1. The second-order valence-corrected chi connectivity index (χ2v) is 9.39. The molecule has 7 nitrogen and oxygen atoms in total. The van der Waals surface area contributed by atoms with Crippen LogP contribution in [-0.2, 0) is 17.8 Å². The van der Waals surface area contributed by atoms with E-state index in [0.29, 0.717) is 67.3 Å². The van der Waals surface area contributed by atoms with Gasteiger partial charge in [0.15, 0.2) is 16.6 Å². The minimum Gasteiger partial charge on any atom is -0.490 e. The third-order valence-electron chi connectivity index (χ3n) is 5.15. The molecule has 0 unspecified atom stereocenters. The van der Waals surface area contributed by atoms with Crippen molar-refractivity contribution >= 4 is 28.3 Å². The van der Waals surface area contributed by atoms with E-state index >= 15 is 0 Å². The molecule has 0 atom stereocenters. The number of fused-ring (bicyclic) bond motifs is 1. The first kappa shape index (κ1) is 24.0. The van der Waals surface area contributed by atoms with Gasteiger partial charge in [-0.1, -0.05) is 38.5 Å². The van der Waals surface area contributed by atoms with E-state index in [1.807, 2.05) is 11.8 Å². The van der Waals surface area contributed by atoms with E-state index in [0.717, 1.165) is 23.4 Å². The average molecular weight is 460 g/mol. The van der Waals surface area contributed by atoms with Crippen LogP contribution in [0, 0.1) is 5.92 Å². The lowest BCUT2D eigenvalue weighted by molar-refractivity contribution is -0.132. The van der Waals surface area contributed by atoms with E-state index in [1.54, 1.807) is 18.2 Å². The number of amides is 2. The normalized spacial score (nSPS) is 13.1. The number of carbonyl (C=O) groups is 2. The molecule has 1 aliphatic heterocycles. The molecule has 0 aliphatic carbocycles. The number of thiazole rings is 1. The molecule has 32 heavy (non-hydrogen) atoms. The highest BCUT2D eigenvalue weighted by molar-refractivity contribution is 7.15. The molecule has 3 rings (SSSR count). The summed E-state index contributed by atoms with van der Waals surface area (Å²) in [5, 5.41) is 3.46. The summed E-state index contributed by atoms with van der Waals surface area (Å²) in [6.07, 6.45) is 3.27. The Morgan fingerprint density at radius 2 is 2.03 bits per heavy atom. The first-order valence-corrected chi connectivity index (χ1v) is 12.2. The van der Waals surface area contributed by atoms with Gasteiger partial charge in [-0.3, -0.25) is 14.9 Å². The smallest absolute Gasteiger partial charge is 0.257 e. The fourth-order valence-corrected chi connectivity index (χ4v) is 4.49. The summed E-state index contributed by atoms with van der Waals surface area (Å²) >= 11 is 1.44. The minimum atomic E-state index is -0.245. The van der Waals surface area contributed by atoms with Gasteiger partial charge in [0.2, 0.25) is 5.91 Å². The van der Waals surface area contributed by atoms with Crippen LogP contribution in [0.4, 0.5) is 5.13 Å². The number of hydrogen-bond donors (Lipinski definition) is 1. The van der Waals surface area contributed by atoms with Crippen molar-refractivity contribution in [1.82, 2.24) is 9.88 Å². The first-order chi connectivity index (χ1) is 15.4. The molecule has 1 aromatic heterocycles. The standard InChI is InChI=1S/C24H33N3O4S/c1-5-7-12-31-19-9-8-17(14-20(19)30-6-2)23(29)26-24-25-18-10-11-27(15-21(18)32-24)22(28)13-16(3)4/h8-9,14,16H,5-7,10-13,15H2,1-4H3,(H,25,26,29). The van der Waals surface area contributed by atoms with Gasteiger partial charge in [0, 0.05) is 29.8 Å². The second-order valence-electron chi connectivity index (χ2n) is 8.30. The number of benzene rings is 1. The number of unbranched alkanes of at least 4 members (excludes halogenated alkanes) is 1. The fraction of sp³-hybridized carbons (Fsp3) is 0.542. The Balaban J connectivity index is 1.67. The third-order valence-corrected chi connectivity index (χ3v) is 6.15. The van der Waals surface area contributed by atoms with Crippen LogP contribution in [0.25, 0.3) is 0 Å². The van der Waals surface area contributed by atoms with Crippen molar-refractivity contribution < 1.29 is 19.1 Å². The summed E-state index contributed by atoms with van der Waals surface area (Å²) in [5.74, 6) is 1.48. The topological polar surface area (TPSA) is 80.8 Å². The molecule has 2 heterocycles. The van der Waals surface area contributed by atoms with E-state index in [1.165, 1.54) is 11.3 Å². The van der Waals surface area contributed by atoms with Crippen LogP contribution in [0.1, 0.15) is 67.9 Å². The van der Waals surface area contributed by atoms with Crippen LogP contribution in [0.5, 0.6) is 11.5 Å². The first-order valence-electron chi connectivity index (χ1n) is 11.4. The molecule has 0 radical (unpaired) electrons. The van der Waals surface area contributed by atoms with Crippen LogP contribution in [0.15, 0.2) is 18.2 Å². The number of nitrogens with zero attached hydrogens (tertiary/aromatic N) is 2. The molecule has 0 bridgehead atoms. The van der Waals surface area contributed by atoms with Crippen LogP contribution in [-0.4, -0.2) is 41.5 Å². The summed E-state index contributed by atoms with van der Waals surface area (Å²) < 4.78 is 11.5. The van der Waals surface area contributed by atoms with Crippen molar-refractivity contribution in [3.63, 3.8) is 0 Å². The summed E-state index contributed by atoms with van der Waals surface area (Å²) in [5.41, 5.74) is 1.45. The maximum atomic E-state index is 12.8. The number of ether oxygens (including phenoxy) is 2. The molecule has 0 spiro atoms. The van der Waals surface area contributed by atoms with Gasteiger partial charge < -0.3 is 14.4 Å². The van der Waals surface area contributed by atoms with Crippen molar-refractivity contribution in [2.45, 2.75) is 59.9 Å². The monoisotopic (exact) mass is 459 g/mol. The van der Waals surface area contributed by atoms with Crippen LogP contribution in [0.2, 0.25) is 0 Å². The Bertz CT molecular complexity index is 941. The zero-order chi connectivity index (χ0) is 23.1. The van der Waals surface area contributed by atoms with Gasteiger partial charge in [0.25, 0.3) is 5.91 Å². The Morgan fingerprint density at radius 1 is 1.22 bits per heavy atom. The van der Waals surface area contributed by atoms with E-state index in [2.05, 4.69) is 31.1 Å². The number of aromatic nitrogens is 1. The van der Waals surface area contributed by atoms with Gasteiger partial charge in [0.1, 0.15) is 0 Å². The van der Waals surface area contributed by atoms with Crippen molar-refractivity contribution in [3.8, 4) is 11.5 Å². The van der Waals surface area contributed by atoms with Crippen LogP contribution in [0.3, 0.4) is 0 Å². The predicted molar refractivity (Wildman–Crippen MR) is 127 cm³/mol. The molecule has 174 valence electrons. The molecule has 0 fully saturated rings. The SMILES string of the molecule is CCCCOc1ccc(C(=O)Nc2nc3c(s2)CN(C(=O)CC(C)C)CC3)cc1OCC. The zero-order valence-corrected chi connectivity index (χ0v) is 20.2. The van der Waals surface area contributed by atoms with Crippen molar-refractivity contribution in [3.05, 3.63) is 34.3 Å². The van der Waals surface area contributed by atoms with Gasteiger partial charge in [0.05, 0.1) is 25.5 Å². The molecule has 8 heteroatoms. The van der Waals surface area contributed by atoms with E-state index < -0.39 is 0 Å². The molecular formula is C24H33N3O4S. The maximum absolute atomic E-state index is 12.8. The lowest BCUT2D eigenvalue weighted by atomic mass is 10.1. The average Bonchev–Trinajstić information content (AvgIpc) is 3.16. The van der Waals surface area contributed by atoms with E-state index in [-0.39, 0.29) is 11.8 Å². The van der Waals surface area contributed by atoms with Crippen molar-refractivity contribution in [2.75, 3.05) is 25.1 Å². The van der Waals surface area contributed by atoms with E-state index in [9.17, 15) is 9.59 Å². The Morgan fingerprint density at radius 3 is 2.75 bits per heavy atom. The summed E-state index contributed by atoms with van der Waals surface area (Å²) in [6, 6.07) is 5.22. The Kier molecular flexibility index (Phi) is 8.50. The second kappa shape index (κ2) is 11.3. The zero-order valence-electron chi connectivity index (χ0n) is 19.4. The third kappa shape index (κ3) is 6.22.